The normalized spacial score (nSPS) is 14.1. The second-order valence-corrected chi connectivity index (χ2v) is 6.88. The molecule has 0 spiro atoms. The Morgan fingerprint density at radius 2 is 1.73 bits per heavy atom. The number of benzene rings is 1. The number of aliphatic carboxylic acids is 1. The van der Waals surface area contributed by atoms with Crippen LogP contribution in [0.4, 0.5) is 13.2 Å². The van der Waals surface area contributed by atoms with E-state index in [9.17, 15) is 26.4 Å². The third-order valence-corrected chi connectivity index (χ3v) is 4.28. The molecule has 1 aromatic rings. The molecular formula is C13H16F3NO4S. The zero-order valence-electron chi connectivity index (χ0n) is 11.9. The molecule has 1 aromatic carbocycles. The van der Waals surface area contributed by atoms with Gasteiger partial charge in [0.1, 0.15) is 6.04 Å². The summed E-state index contributed by atoms with van der Waals surface area (Å²) in [4.78, 5) is 10.6. The number of carbonyl (C=O) groups is 1. The van der Waals surface area contributed by atoms with E-state index in [4.69, 9.17) is 5.11 Å². The zero-order chi connectivity index (χ0) is 17.1. The second-order valence-electron chi connectivity index (χ2n) is 5.16. The minimum atomic E-state index is -4.57. The van der Waals surface area contributed by atoms with Gasteiger partial charge in [-0.1, -0.05) is 13.8 Å². The molecule has 2 N–H and O–H groups in total. The summed E-state index contributed by atoms with van der Waals surface area (Å²) in [6.45, 7) is 3.45. The third-order valence-electron chi connectivity index (χ3n) is 2.79. The predicted octanol–water partition coefficient (Wildman–Crippen LogP) is 2.48. The molecule has 0 saturated carbocycles. The second kappa shape index (κ2) is 6.66. The van der Waals surface area contributed by atoms with Crippen LogP contribution >= 0.6 is 0 Å². The Kier molecular flexibility index (Phi) is 5.58. The minimum Gasteiger partial charge on any atom is -0.480 e. The molecule has 5 nitrogen and oxygen atoms in total. The standard InChI is InChI=1S/C13H16F3NO4S/c1-8(2)7-11(12(18)19)17-22(20,21)10-5-3-9(4-6-10)13(14,15)16/h3-6,8,11,17H,7H2,1-2H3,(H,18,19)/t11-/m1/s1. The monoisotopic (exact) mass is 339 g/mol. The summed E-state index contributed by atoms with van der Waals surface area (Å²) in [5.41, 5.74) is -0.983. The number of alkyl halides is 3. The smallest absolute Gasteiger partial charge is 0.416 e. The Hall–Kier alpha value is -1.61. The van der Waals surface area contributed by atoms with Gasteiger partial charge >= 0.3 is 12.1 Å². The highest BCUT2D eigenvalue weighted by molar-refractivity contribution is 7.89. The van der Waals surface area contributed by atoms with E-state index in [2.05, 4.69) is 0 Å². The highest BCUT2D eigenvalue weighted by Crippen LogP contribution is 2.29. The summed E-state index contributed by atoms with van der Waals surface area (Å²) in [6.07, 6.45) is -4.51. The first-order valence-corrected chi connectivity index (χ1v) is 7.84. The molecular weight excluding hydrogens is 323 g/mol. The highest BCUT2D eigenvalue weighted by Gasteiger charge is 2.31. The molecule has 1 atom stereocenters. The van der Waals surface area contributed by atoms with Gasteiger partial charge in [0.25, 0.3) is 0 Å². The van der Waals surface area contributed by atoms with Gasteiger partial charge in [-0.15, -0.1) is 0 Å². The van der Waals surface area contributed by atoms with Gasteiger partial charge in [-0.3, -0.25) is 4.79 Å². The van der Waals surface area contributed by atoms with Crippen molar-refractivity contribution < 1.29 is 31.5 Å². The van der Waals surface area contributed by atoms with Crippen molar-refractivity contribution in [1.29, 1.82) is 0 Å². The van der Waals surface area contributed by atoms with Crippen molar-refractivity contribution in [3.63, 3.8) is 0 Å². The fourth-order valence-electron chi connectivity index (χ4n) is 1.75. The van der Waals surface area contributed by atoms with E-state index in [1.54, 1.807) is 13.8 Å². The molecule has 22 heavy (non-hydrogen) atoms. The molecule has 0 radical (unpaired) electrons. The van der Waals surface area contributed by atoms with E-state index >= 15 is 0 Å². The average Bonchev–Trinajstić information content (AvgIpc) is 2.36. The van der Waals surface area contributed by atoms with Crippen molar-refractivity contribution in [3.05, 3.63) is 29.8 Å². The van der Waals surface area contributed by atoms with E-state index in [1.807, 2.05) is 4.72 Å². The summed E-state index contributed by atoms with van der Waals surface area (Å²) < 4.78 is 63.4. The quantitative estimate of drug-likeness (QED) is 0.834. The van der Waals surface area contributed by atoms with E-state index in [-0.39, 0.29) is 12.3 Å². The first-order valence-electron chi connectivity index (χ1n) is 6.36. The first kappa shape index (κ1) is 18.4. The molecule has 0 fully saturated rings. The molecule has 124 valence electrons. The van der Waals surface area contributed by atoms with Crippen LogP contribution < -0.4 is 4.72 Å². The lowest BCUT2D eigenvalue weighted by molar-refractivity contribution is -0.139. The van der Waals surface area contributed by atoms with Gasteiger partial charge in [0.15, 0.2) is 0 Å². The molecule has 0 amide bonds. The molecule has 0 aromatic heterocycles. The number of rotatable bonds is 6. The lowest BCUT2D eigenvalue weighted by Gasteiger charge is -2.17. The summed E-state index contributed by atoms with van der Waals surface area (Å²) in [6, 6.07) is 1.51. The number of hydrogen-bond donors (Lipinski definition) is 2. The molecule has 0 saturated heterocycles. The lowest BCUT2D eigenvalue weighted by atomic mass is 10.1. The van der Waals surface area contributed by atoms with Crippen molar-refractivity contribution >= 4 is 16.0 Å². The zero-order valence-corrected chi connectivity index (χ0v) is 12.7. The number of hydrogen-bond acceptors (Lipinski definition) is 3. The van der Waals surface area contributed by atoms with Crippen LogP contribution in [0.25, 0.3) is 0 Å². The Balaban J connectivity index is 3.01. The molecule has 1 rings (SSSR count). The number of halogens is 3. The van der Waals surface area contributed by atoms with Crippen molar-refractivity contribution in [2.24, 2.45) is 5.92 Å². The SMILES string of the molecule is CC(C)C[C@@H](NS(=O)(=O)c1ccc(C(F)(F)F)cc1)C(=O)O. The van der Waals surface area contributed by atoms with Gasteiger partial charge in [0.05, 0.1) is 10.5 Å². The highest BCUT2D eigenvalue weighted by atomic mass is 32.2. The maximum Gasteiger partial charge on any atom is 0.416 e. The van der Waals surface area contributed by atoms with Crippen molar-refractivity contribution in [2.75, 3.05) is 0 Å². The molecule has 0 aliphatic carbocycles. The van der Waals surface area contributed by atoms with Crippen molar-refractivity contribution in [3.8, 4) is 0 Å². The number of carboxylic acids is 1. The lowest BCUT2D eigenvalue weighted by Crippen LogP contribution is -2.41. The third kappa shape index (κ3) is 4.99. The van der Waals surface area contributed by atoms with Gasteiger partial charge in [-0.25, -0.2) is 8.42 Å². The van der Waals surface area contributed by atoms with Gasteiger partial charge in [0, 0.05) is 0 Å². The average molecular weight is 339 g/mol. The van der Waals surface area contributed by atoms with Gasteiger partial charge in [0.2, 0.25) is 10.0 Å². The fraction of sp³-hybridized carbons (Fsp3) is 0.462. The van der Waals surface area contributed by atoms with Gasteiger partial charge in [-0.05, 0) is 36.6 Å². The Morgan fingerprint density at radius 3 is 2.09 bits per heavy atom. The molecule has 9 heteroatoms. The molecule has 0 bridgehead atoms. The maximum atomic E-state index is 12.4. The Bertz CT molecular complexity index is 624. The summed E-state index contributed by atoms with van der Waals surface area (Å²) in [5, 5.41) is 9.01. The van der Waals surface area contributed by atoms with Crippen LogP contribution in [0.2, 0.25) is 0 Å². The fourth-order valence-corrected chi connectivity index (χ4v) is 2.95. The molecule has 0 heterocycles. The first-order chi connectivity index (χ1) is 9.93. The van der Waals surface area contributed by atoms with Crippen LogP contribution in [0, 0.1) is 5.92 Å². The molecule has 0 aliphatic heterocycles. The topological polar surface area (TPSA) is 83.5 Å². The predicted molar refractivity (Wildman–Crippen MR) is 72.6 cm³/mol. The van der Waals surface area contributed by atoms with Crippen molar-refractivity contribution in [2.45, 2.75) is 37.4 Å². The summed E-state index contributed by atoms with van der Waals surface area (Å²) >= 11 is 0. The van der Waals surface area contributed by atoms with Crippen molar-refractivity contribution in [1.82, 2.24) is 4.72 Å². The minimum absolute atomic E-state index is 0.0647. The van der Waals surface area contributed by atoms with E-state index in [0.29, 0.717) is 12.1 Å². The Labute approximate surface area is 126 Å². The maximum absolute atomic E-state index is 12.4. The Morgan fingerprint density at radius 1 is 1.23 bits per heavy atom. The van der Waals surface area contributed by atoms with Crippen LogP contribution in [0.3, 0.4) is 0 Å². The van der Waals surface area contributed by atoms with Crippen LogP contribution in [0.1, 0.15) is 25.8 Å². The van der Waals surface area contributed by atoms with E-state index in [0.717, 1.165) is 12.1 Å². The number of carboxylic acid groups (broad SMARTS) is 1. The number of nitrogens with one attached hydrogen (secondary N) is 1. The van der Waals surface area contributed by atoms with E-state index in [1.165, 1.54) is 0 Å². The molecule has 0 unspecified atom stereocenters. The van der Waals surface area contributed by atoms with Crippen LogP contribution in [0.5, 0.6) is 0 Å². The van der Waals surface area contributed by atoms with Crippen LogP contribution in [-0.2, 0) is 21.0 Å². The van der Waals surface area contributed by atoms with Crippen LogP contribution in [0.15, 0.2) is 29.2 Å². The van der Waals surface area contributed by atoms with Gasteiger partial charge < -0.3 is 5.11 Å². The summed E-state index contributed by atoms with van der Waals surface area (Å²) in [5.74, 6) is -1.42. The van der Waals surface area contributed by atoms with E-state index < -0.39 is 38.7 Å². The number of sulfonamides is 1. The van der Waals surface area contributed by atoms with Crippen LogP contribution in [-0.4, -0.2) is 25.5 Å². The van der Waals surface area contributed by atoms with Gasteiger partial charge in [-0.2, -0.15) is 17.9 Å². The molecule has 0 aliphatic rings. The largest absolute Gasteiger partial charge is 0.480 e. The summed E-state index contributed by atoms with van der Waals surface area (Å²) in [7, 11) is -4.21.